The lowest BCUT2D eigenvalue weighted by molar-refractivity contribution is 0.137. The molecule has 0 bridgehead atoms. The first kappa shape index (κ1) is 19.8. The van der Waals surface area contributed by atoms with Gasteiger partial charge in [0, 0.05) is 28.1 Å². The van der Waals surface area contributed by atoms with Crippen LogP contribution in [0, 0.1) is 0 Å². The highest BCUT2D eigenvalue weighted by Crippen LogP contribution is 2.37. The van der Waals surface area contributed by atoms with E-state index in [2.05, 4.69) is 58.4 Å². The average Bonchev–Trinajstić information content (AvgIpc) is 3.25. The van der Waals surface area contributed by atoms with Crippen LogP contribution in [0.15, 0.2) is 89.5 Å². The Morgan fingerprint density at radius 3 is 2.39 bits per heavy atom. The largest absolute Gasteiger partial charge is 0.497 e. The van der Waals surface area contributed by atoms with E-state index in [4.69, 9.17) is 14.6 Å². The first-order valence-corrected chi connectivity index (χ1v) is 10.8. The molecule has 0 saturated carbocycles. The maximum Gasteiger partial charge on any atom is 0.119 e. The van der Waals surface area contributed by atoms with Gasteiger partial charge in [-0.15, -0.1) is 0 Å². The monoisotopic (exact) mass is 472 g/mol. The molecule has 2 aromatic heterocycles. The zero-order valence-corrected chi connectivity index (χ0v) is 18.8. The molecular formula is C26H21BrN2O2. The van der Waals surface area contributed by atoms with E-state index in [1.165, 1.54) is 0 Å². The molecule has 0 fully saturated rings. The summed E-state index contributed by atoms with van der Waals surface area (Å²) in [5, 5.41) is 7.00. The summed E-state index contributed by atoms with van der Waals surface area (Å²) in [4.78, 5) is 0. The van der Waals surface area contributed by atoms with Crippen molar-refractivity contribution < 1.29 is 9.47 Å². The lowest BCUT2D eigenvalue weighted by Crippen LogP contribution is -2.04. The minimum absolute atomic E-state index is 0.234. The fraction of sp³-hybridized carbons (Fsp3) is 0.115. The van der Waals surface area contributed by atoms with Crippen molar-refractivity contribution in [2.45, 2.75) is 6.10 Å². The third kappa shape index (κ3) is 3.50. The van der Waals surface area contributed by atoms with Crippen molar-refractivity contribution in [2.24, 2.45) is 0 Å². The van der Waals surface area contributed by atoms with E-state index >= 15 is 0 Å². The highest BCUT2D eigenvalue weighted by atomic mass is 79.9. The second-order valence-electron chi connectivity index (χ2n) is 7.38. The standard InChI is InChI=1S/C26H21BrN2O2/c1-30-21-12-13-22-19(14-21)15-24(17-6-4-3-5-7-17)29-25(22)23(16-28-29)26(31-2)18-8-10-20(27)11-9-18/h3-16,26H,1-2H3. The van der Waals surface area contributed by atoms with Crippen LogP contribution >= 0.6 is 15.9 Å². The fourth-order valence-electron chi connectivity index (χ4n) is 4.11. The highest BCUT2D eigenvalue weighted by molar-refractivity contribution is 9.10. The van der Waals surface area contributed by atoms with Crippen molar-refractivity contribution in [1.29, 1.82) is 0 Å². The average molecular weight is 473 g/mol. The summed E-state index contributed by atoms with van der Waals surface area (Å²) in [5.74, 6) is 0.827. The second kappa shape index (κ2) is 8.17. The van der Waals surface area contributed by atoms with Gasteiger partial charge in [0.2, 0.25) is 0 Å². The van der Waals surface area contributed by atoms with Gasteiger partial charge in [0.25, 0.3) is 0 Å². The molecule has 3 aromatic carbocycles. The molecule has 4 nitrogen and oxygen atoms in total. The maximum absolute atomic E-state index is 5.97. The third-order valence-corrected chi connectivity index (χ3v) is 6.12. The molecule has 0 saturated heterocycles. The smallest absolute Gasteiger partial charge is 0.119 e. The number of aromatic nitrogens is 2. The van der Waals surface area contributed by atoms with E-state index in [1.54, 1.807) is 14.2 Å². The Morgan fingerprint density at radius 1 is 0.903 bits per heavy atom. The molecule has 5 heteroatoms. The Morgan fingerprint density at radius 2 is 1.68 bits per heavy atom. The number of pyridine rings is 1. The van der Waals surface area contributed by atoms with Gasteiger partial charge < -0.3 is 9.47 Å². The van der Waals surface area contributed by atoms with E-state index in [1.807, 2.05) is 47.1 Å². The molecule has 2 heterocycles. The van der Waals surface area contributed by atoms with Crippen LogP contribution in [0.25, 0.3) is 27.5 Å². The highest BCUT2D eigenvalue weighted by Gasteiger charge is 2.22. The molecule has 0 radical (unpaired) electrons. The lowest BCUT2D eigenvalue weighted by atomic mass is 9.99. The topological polar surface area (TPSA) is 35.8 Å². The van der Waals surface area contributed by atoms with Gasteiger partial charge in [-0.25, -0.2) is 4.52 Å². The molecule has 0 aliphatic carbocycles. The van der Waals surface area contributed by atoms with E-state index in [0.29, 0.717) is 0 Å². The summed E-state index contributed by atoms with van der Waals surface area (Å²) in [7, 11) is 3.43. The van der Waals surface area contributed by atoms with Crippen molar-refractivity contribution in [3.8, 4) is 17.0 Å². The number of rotatable bonds is 5. The molecule has 1 unspecified atom stereocenters. The van der Waals surface area contributed by atoms with Crippen LogP contribution in [-0.4, -0.2) is 23.8 Å². The van der Waals surface area contributed by atoms with E-state index in [9.17, 15) is 0 Å². The van der Waals surface area contributed by atoms with Crippen LogP contribution in [0.5, 0.6) is 5.75 Å². The first-order valence-electron chi connectivity index (χ1n) is 10.0. The Labute approximate surface area is 189 Å². The molecule has 0 N–H and O–H groups in total. The van der Waals surface area contributed by atoms with Gasteiger partial charge in [0.1, 0.15) is 11.9 Å². The van der Waals surface area contributed by atoms with Gasteiger partial charge >= 0.3 is 0 Å². The van der Waals surface area contributed by atoms with Gasteiger partial charge in [0.15, 0.2) is 0 Å². The van der Waals surface area contributed by atoms with Gasteiger partial charge in [-0.3, -0.25) is 0 Å². The summed E-state index contributed by atoms with van der Waals surface area (Å²) in [6.07, 6.45) is 1.68. The third-order valence-electron chi connectivity index (χ3n) is 5.59. The molecule has 5 aromatic rings. The Balaban J connectivity index is 1.82. The molecule has 0 amide bonds. The molecule has 1 atom stereocenters. The molecule has 154 valence electrons. The number of benzene rings is 3. The minimum Gasteiger partial charge on any atom is -0.497 e. The van der Waals surface area contributed by atoms with Gasteiger partial charge in [0.05, 0.1) is 24.5 Å². The number of halogens is 1. The Bertz CT molecular complexity index is 1360. The van der Waals surface area contributed by atoms with Crippen molar-refractivity contribution in [1.82, 2.24) is 9.61 Å². The van der Waals surface area contributed by atoms with E-state index in [0.717, 1.165) is 48.9 Å². The number of fused-ring (bicyclic) bond motifs is 3. The van der Waals surface area contributed by atoms with Crippen molar-refractivity contribution in [3.05, 3.63) is 101 Å². The van der Waals surface area contributed by atoms with Crippen LogP contribution < -0.4 is 4.74 Å². The van der Waals surface area contributed by atoms with Crippen LogP contribution in [-0.2, 0) is 4.74 Å². The van der Waals surface area contributed by atoms with Gasteiger partial charge in [-0.2, -0.15) is 5.10 Å². The minimum atomic E-state index is -0.234. The number of hydrogen-bond acceptors (Lipinski definition) is 3. The summed E-state index contributed by atoms with van der Waals surface area (Å²) >= 11 is 3.52. The molecule has 0 spiro atoms. The lowest BCUT2D eigenvalue weighted by Gasteiger charge is -2.17. The number of methoxy groups -OCH3 is 2. The fourth-order valence-corrected chi connectivity index (χ4v) is 4.38. The van der Waals surface area contributed by atoms with Gasteiger partial charge in [-0.05, 0) is 47.3 Å². The summed E-state index contributed by atoms with van der Waals surface area (Å²) in [6.45, 7) is 0. The zero-order chi connectivity index (χ0) is 21.4. The SMILES string of the molecule is COc1ccc2c(c1)cc(-c1ccccc1)n1ncc(C(OC)c3ccc(Br)cc3)c21. The number of ether oxygens (including phenoxy) is 2. The van der Waals surface area contributed by atoms with Crippen LogP contribution in [0.3, 0.4) is 0 Å². The quantitative estimate of drug-likeness (QED) is 0.286. The molecule has 31 heavy (non-hydrogen) atoms. The summed E-state index contributed by atoms with van der Waals surface area (Å²) < 4.78 is 14.5. The molecule has 5 rings (SSSR count). The summed E-state index contributed by atoms with van der Waals surface area (Å²) in [6, 6.07) is 26.9. The Kier molecular flexibility index (Phi) is 5.22. The normalized spacial score (nSPS) is 12.4. The second-order valence-corrected chi connectivity index (χ2v) is 8.29. The van der Waals surface area contributed by atoms with Crippen molar-refractivity contribution >= 4 is 32.2 Å². The van der Waals surface area contributed by atoms with Crippen molar-refractivity contribution in [3.63, 3.8) is 0 Å². The van der Waals surface area contributed by atoms with Crippen molar-refractivity contribution in [2.75, 3.05) is 14.2 Å². The first-order chi connectivity index (χ1) is 15.2. The predicted octanol–water partition coefficient (Wildman–Crippen LogP) is 6.66. The van der Waals surface area contributed by atoms with Crippen LogP contribution in [0.2, 0.25) is 0 Å². The van der Waals surface area contributed by atoms with Crippen LogP contribution in [0.1, 0.15) is 17.2 Å². The van der Waals surface area contributed by atoms with E-state index < -0.39 is 0 Å². The Hall–Kier alpha value is -3.15. The van der Waals surface area contributed by atoms with Gasteiger partial charge in [-0.1, -0.05) is 58.4 Å². The predicted molar refractivity (Wildman–Crippen MR) is 128 cm³/mol. The zero-order valence-electron chi connectivity index (χ0n) is 17.2. The molecule has 0 aliphatic rings. The van der Waals surface area contributed by atoms with Crippen LogP contribution in [0.4, 0.5) is 0 Å². The maximum atomic E-state index is 5.97. The number of hydrogen-bond donors (Lipinski definition) is 0. The molecule has 0 aliphatic heterocycles. The number of nitrogens with zero attached hydrogens (tertiary/aromatic N) is 2. The summed E-state index contributed by atoms with van der Waals surface area (Å²) in [5.41, 5.74) is 5.26. The molecular weight excluding hydrogens is 452 g/mol. The van der Waals surface area contributed by atoms with E-state index in [-0.39, 0.29) is 6.10 Å².